The first-order valence-corrected chi connectivity index (χ1v) is 9.57. The maximum Gasteiger partial charge on any atom is 0.0958 e. The van der Waals surface area contributed by atoms with E-state index in [-0.39, 0.29) is 0 Å². The van der Waals surface area contributed by atoms with Crippen molar-refractivity contribution < 1.29 is 4.74 Å². The van der Waals surface area contributed by atoms with E-state index in [1.54, 1.807) is 12.7 Å². The van der Waals surface area contributed by atoms with E-state index in [1.165, 1.54) is 38.5 Å². The summed E-state index contributed by atoms with van der Waals surface area (Å²) in [6.07, 6.45) is 14.7. The Balaban J connectivity index is 1.64. The zero-order valence-electron chi connectivity index (χ0n) is 14.6. The number of hydrogen-bond donors (Lipinski definition) is 0. The maximum atomic E-state index is 9.66. The highest BCUT2D eigenvalue weighted by Gasteiger charge is 2.57. The van der Waals surface area contributed by atoms with Crippen LogP contribution in [0.5, 0.6) is 0 Å². The van der Waals surface area contributed by atoms with Gasteiger partial charge in [0, 0.05) is 6.42 Å². The third-order valence-corrected chi connectivity index (χ3v) is 7.89. The molecule has 6 atom stereocenters. The summed E-state index contributed by atoms with van der Waals surface area (Å²) in [6, 6.07) is 2.68. The Morgan fingerprint density at radius 1 is 1.26 bits per heavy atom. The van der Waals surface area contributed by atoms with E-state index < -0.39 is 0 Å². The minimum atomic E-state index is 0.315. The van der Waals surface area contributed by atoms with Crippen LogP contribution in [0.25, 0.3) is 0 Å². The summed E-state index contributed by atoms with van der Waals surface area (Å²) < 4.78 is 5.49. The van der Waals surface area contributed by atoms with Crippen LogP contribution in [0.15, 0.2) is 23.5 Å². The van der Waals surface area contributed by atoms with Crippen LogP contribution in [0.4, 0.5) is 0 Å². The van der Waals surface area contributed by atoms with Gasteiger partial charge in [0.15, 0.2) is 0 Å². The lowest BCUT2D eigenvalue weighted by atomic mass is 9.51. The smallest absolute Gasteiger partial charge is 0.0958 e. The molecule has 0 aromatic carbocycles. The van der Waals surface area contributed by atoms with Crippen molar-refractivity contribution in [2.75, 3.05) is 7.11 Å². The van der Waals surface area contributed by atoms with Crippen molar-refractivity contribution in [2.45, 2.75) is 58.3 Å². The second kappa shape index (κ2) is 5.69. The zero-order valence-corrected chi connectivity index (χ0v) is 14.6. The van der Waals surface area contributed by atoms with Crippen LogP contribution in [0.2, 0.25) is 0 Å². The van der Waals surface area contributed by atoms with Gasteiger partial charge in [-0.05, 0) is 85.7 Å². The molecular formula is C21H29NO. The van der Waals surface area contributed by atoms with Gasteiger partial charge in [-0.2, -0.15) is 5.26 Å². The van der Waals surface area contributed by atoms with Crippen LogP contribution in [-0.2, 0) is 4.74 Å². The average Bonchev–Trinajstić information content (AvgIpc) is 2.99. The number of nitrogens with zero attached hydrogens (tertiary/aromatic N) is 1. The van der Waals surface area contributed by atoms with E-state index in [2.05, 4.69) is 25.1 Å². The SMILES string of the molecule is CC[C@]12CC[C@H]3[C@@H](CC=C4C=C(OC)CC[C@@H]43)[C@@H]1CC[C@@H]2C#N. The van der Waals surface area contributed by atoms with Crippen LogP contribution >= 0.6 is 0 Å². The highest BCUT2D eigenvalue weighted by molar-refractivity contribution is 5.31. The highest BCUT2D eigenvalue weighted by atomic mass is 16.5. The molecule has 4 aliphatic rings. The molecule has 23 heavy (non-hydrogen) atoms. The Hall–Kier alpha value is -1.23. The maximum absolute atomic E-state index is 9.66. The van der Waals surface area contributed by atoms with Gasteiger partial charge in [-0.25, -0.2) is 0 Å². The predicted octanol–water partition coefficient (Wildman–Crippen LogP) is 5.23. The minimum absolute atomic E-state index is 0.315. The number of fused-ring (bicyclic) bond motifs is 5. The van der Waals surface area contributed by atoms with Gasteiger partial charge < -0.3 is 4.74 Å². The first kappa shape index (κ1) is 15.3. The first-order valence-electron chi connectivity index (χ1n) is 9.57. The minimum Gasteiger partial charge on any atom is -0.501 e. The van der Waals surface area contributed by atoms with Crippen LogP contribution in [0.1, 0.15) is 58.3 Å². The second-order valence-corrected chi connectivity index (χ2v) is 8.22. The van der Waals surface area contributed by atoms with Crippen molar-refractivity contribution in [3.05, 3.63) is 23.5 Å². The molecule has 0 bridgehead atoms. The second-order valence-electron chi connectivity index (χ2n) is 8.22. The summed E-state index contributed by atoms with van der Waals surface area (Å²) in [6.45, 7) is 2.33. The Kier molecular flexibility index (Phi) is 3.79. The number of rotatable bonds is 2. The molecule has 0 heterocycles. The molecule has 0 spiro atoms. The van der Waals surface area contributed by atoms with Gasteiger partial charge in [-0.3, -0.25) is 0 Å². The lowest BCUT2D eigenvalue weighted by Crippen LogP contribution is -2.46. The molecule has 4 aliphatic carbocycles. The van der Waals surface area contributed by atoms with E-state index in [4.69, 9.17) is 4.74 Å². The molecule has 0 aliphatic heterocycles. The lowest BCUT2D eigenvalue weighted by Gasteiger charge is -2.53. The van der Waals surface area contributed by atoms with Crippen molar-refractivity contribution in [2.24, 2.45) is 35.0 Å². The van der Waals surface area contributed by atoms with Gasteiger partial charge in [-0.15, -0.1) is 0 Å². The molecule has 0 aromatic heterocycles. The largest absolute Gasteiger partial charge is 0.501 e. The quantitative estimate of drug-likeness (QED) is 0.699. The number of hydrogen-bond acceptors (Lipinski definition) is 2. The first-order chi connectivity index (χ1) is 11.2. The molecule has 0 aromatic rings. The fourth-order valence-electron chi connectivity index (χ4n) is 6.78. The average molecular weight is 311 g/mol. The normalized spacial score (nSPS) is 45.0. The van der Waals surface area contributed by atoms with E-state index in [9.17, 15) is 5.26 Å². The highest BCUT2D eigenvalue weighted by Crippen LogP contribution is 2.64. The van der Waals surface area contributed by atoms with Crippen LogP contribution < -0.4 is 0 Å². The monoisotopic (exact) mass is 311 g/mol. The summed E-state index contributed by atoms with van der Waals surface area (Å²) in [5.41, 5.74) is 1.89. The third kappa shape index (κ3) is 2.12. The fraction of sp³-hybridized carbons (Fsp3) is 0.762. The van der Waals surface area contributed by atoms with Gasteiger partial charge in [0.1, 0.15) is 0 Å². The Morgan fingerprint density at radius 2 is 2.13 bits per heavy atom. The Morgan fingerprint density at radius 3 is 2.87 bits per heavy atom. The van der Waals surface area contributed by atoms with Gasteiger partial charge >= 0.3 is 0 Å². The van der Waals surface area contributed by atoms with E-state index in [0.717, 1.165) is 42.3 Å². The van der Waals surface area contributed by atoms with Crippen LogP contribution in [0, 0.1) is 46.3 Å². The molecule has 2 fully saturated rings. The molecule has 0 unspecified atom stereocenters. The number of nitriles is 1. The Bertz CT molecular complexity index is 583. The van der Waals surface area contributed by atoms with Crippen molar-refractivity contribution in [3.8, 4) is 6.07 Å². The van der Waals surface area contributed by atoms with Crippen molar-refractivity contribution in [1.29, 1.82) is 5.26 Å². The molecular weight excluding hydrogens is 282 g/mol. The summed E-state index contributed by atoms with van der Waals surface area (Å²) >= 11 is 0. The van der Waals surface area contributed by atoms with Gasteiger partial charge in [0.05, 0.1) is 24.9 Å². The van der Waals surface area contributed by atoms with Crippen molar-refractivity contribution >= 4 is 0 Å². The van der Waals surface area contributed by atoms with Crippen molar-refractivity contribution in [3.63, 3.8) is 0 Å². The molecule has 2 saturated carbocycles. The van der Waals surface area contributed by atoms with E-state index in [0.29, 0.717) is 11.3 Å². The molecule has 0 saturated heterocycles. The molecule has 2 nitrogen and oxygen atoms in total. The molecule has 0 amide bonds. The van der Waals surface area contributed by atoms with Crippen LogP contribution in [-0.4, -0.2) is 7.11 Å². The number of ether oxygens (including phenoxy) is 1. The number of methoxy groups -OCH3 is 1. The van der Waals surface area contributed by atoms with Crippen LogP contribution in [0.3, 0.4) is 0 Å². The topological polar surface area (TPSA) is 33.0 Å². The summed E-state index contributed by atoms with van der Waals surface area (Å²) in [7, 11) is 1.80. The fourth-order valence-corrected chi connectivity index (χ4v) is 6.78. The molecule has 0 N–H and O–H groups in total. The van der Waals surface area contributed by atoms with Gasteiger partial charge in [0.25, 0.3) is 0 Å². The Labute approximate surface area is 140 Å². The molecule has 2 heteroatoms. The third-order valence-electron chi connectivity index (χ3n) is 7.89. The molecule has 124 valence electrons. The van der Waals surface area contributed by atoms with Gasteiger partial charge in [0.2, 0.25) is 0 Å². The predicted molar refractivity (Wildman–Crippen MR) is 91.3 cm³/mol. The lowest BCUT2D eigenvalue weighted by molar-refractivity contribution is -0.0144. The molecule has 0 radical (unpaired) electrons. The zero-order chi connectivity index (χ0) is 16.0. The molecule has 4 rings (SSSR count). The summed E-state index contributed by atoms with van der Waals surface area (Å²) in [4.78, 5) is 0. The standard InChI is InChI=1S/C21H29NO/c1-3-21-11-10-18-17-8-6-16(23-2)12-14(17)4-7-19(18)20(21)9-5-15(21)13-22/h4,12,15,17-20H,3,5-11H2,1-2H3/t15-,17+,18-,19-,20+,21-/m1/s1. The summed E-state index contributed by atoms with van der Waals surface area (Å²) in [5.74, 6) is 4.70. The van der Waals surface area contributed by atoms with Gasteiger partial charge in [-0.1, -0.05) is 13.0 Å². The van der Waals surface area contributed by atoms with Crippen molar-refractivity contribution in [1.82, 2.24) is 0 Å². The summed E-state index contributed by atoms with van der Waals surface area (Å²) in [5, 5.41) is 9.66. The number of allylic oxidation sites excluding steroid dienone is 4. The van der Waals surface area contributed by atoms with E-state index >= 15 is 0 Å². The van der Waals surface area contributed by atoms with E-state index in [1.807, 2.05) is 0 Å².